The summed E-state index contributed by atoms with van der Waals surface area (Å²) in [7, 11) is 1.75. The van der Waals surface area contributed by atoms with Gasteiger partial charge in [-0.3, -0.25) is 4.99 Å². The minimum absolute atomic E-state index is 0.593. The van der Waals surface area contributed by atoms with Gasteiger partial charge in [0.1, 0.15) is 0 Å². The van der Waals surface area contributed by atoms with Crippen molar-refractivity contribution in [1.82, 2.24) is 10.6 Å². The van der Waals surface area contributed by atoms with E-state index in [0.29, 0.717) is 22.5 Å². The standard InChI is InChI=1S/C18H27Cl2N3O2/c1-21-18(23-12-15-3-4-16(19)11-17(15)20)22-7-2-8-25-13-14-5-9-24-10-6-14/h3-4,11,14H,2,5-10,12-13H2,1H3,(H2,21,22,23). The second-order valence-corrected chi connectivity index (χ2v) is 6.92. The molecule has 0 saturated carbocycles. The third kappa shape index (κ3) is 7.82. The molecule has 1 aliphatic rings. The Hall–Kier alpha value is -1.01. The SMILES string of the molecule is CN=C(NCCCOCC1CCOCC1)NCc1ccc(Cl)cc1Cl. The van der Waals surface area contributed by atoms with Crippen LogP contribution in [0.1, 0.15) is 24.8 Å². The van der Waals surface area contributed by atoms with Crippen LogP contribution in [0.3, 0.4) is 0 Å². The van der Waals surface area contributed by atoms with Gasteiger partial charge in [0.2, 0.25) is 0 Å². The highest BCUT2D eigenvalue weighted by atomic mass is 35.5. The van der Waals surface area contributed by atoms with Crippen LogP contribution in [-0.4, -0.2) is 46.0 Å². The summed E-state index contributed by atoms with van der Waals surface area (Å²) in [6.45, 7) is 4.73. The molecule has 0 amide bonds. The summed E-state index contributed by atoms with van der Waals surface area (Å²) in [4.78, 5) is 4.21. The first kappa shape index (κ1) is 20.3. The van der Waals surface area contributed by atoms with Crippen molar-refractivity contribution in [2.75, 3.05) is 40.0 Å². The Kier molecular flexibility index (Phi) is 9.40. The molecule has 2 rings (SSSR count). The number of halogens is 2. The van der Waals surface area contributed by atoms with E-state index < -0.39 is 0 Å². The van der Waals surface area contributed by atoms with Gasteiger partial charge in [-0.25, -0.2) is 0 Å². The van der Waals surface area contributed by atoms with Crippen molar-refractivity contribution in [1.29, 1.82) is 0 Å². The molecular formula is C18H27Cl2N3O2. The third-order valence-electron chi connectivity index (χ3n) is 4.14. The normalized spacial score (nSPS) is 16.0. The summed E-state index contributed by atoms with van der Waals surface area (Å²) in [6, 6.07) is 5.48. The number of aliphatic imine (C=N–C) groups is 1. The highest BCUT2D eigenvalue weighted by Crippen LogP contribution is 2.20. The van der Waals surface area contributed by atoms with Gasteiger partial charge in [-0.1, -0.05) is 29.3 Å². The largest absolute Gasteiger partial charge is 0.381 e. The molecule has 7 heteroatoms. The first-order chi connectivity index (χ1) is 12.2. The molecule has 5 nitrogen and oxygen atoms in total. The van der Waals surface area contributed by atoms with Gasteiger partial charge in [0.15, 0.2) is 5.96 Å². The third-order valence-corrected chi connectivity index (χ3v) is 4.72. The number of guanidine groups is 1. The van der Waals surface area contributed by atoms with Crippen LogP contribution in [0.4, 0.5) is 0 Å². The molecule has 1 aliphatic heterocycles. The fourth-order valence-corrected chi connectivity index (χ4v) is 3.08. The predicted molar refractivity (Wildman–Crippen MR) is 104 cm³/mol. The molecule has 0 bridgehead atoms. The average Bonchev–Trinajstić information content (AvgIpc) is 2.62. The van der Waals surface area contributed by atoms with Crippen LogP contribution in [-0.2, 0) is 16.0 Å². The van der Waals surface area contributed by atoms with Crippen LogP contribution < -0.4 is 10.6 Å². The maximum Gasteiger partial charge on any atom is 0.191 e. The number of hydrogen-bond acceptors (Lipinski definition) is 3. The number of nitrogens with zero attached hydrogens (tertiary/aromatic N) is 1. The number of rotatable bonds is 8. The van der Waals surface area contributed by atoms with Crippen LogP contribution in [0.2, 0.25) is 10.0 Å². The molecule has 1 aromatic rings. The first-order valence-electron chi connectivity index (χ1n) is 8.73. The molecule has 2 N–H and O–H groups in total. The fourth-order valence-electron chi connectivity index (χ4n) is 2.61. The highest BCUT2D eigenvalue weighted by Gasteiger charge is 2.13. The Labute approximate surface area is 160 Å². The predicted octanol–water partition coefficient (Wildman–Crippen LogP) is 3.49. The summed E-state index contributed by atoms with van der Waals surface area (Å²) >= 11 is 12.1. The van der Waals surface area contributed by atoms with Crippen LogP contribution >= 0.6 is 23.2 Å². The molecule has 0 aliphatic carbocycles. The summed E-state index contributed by atoms with van der Waals surface area (Å²) in [5, 5.41) is 7.81. The maximum atomic E-state index is 6.17. The first-order valence-corrected chi connectivity index (χ1v) is 9.48. The van der Waals surface area contributed by atoms with Gasteiger partial charge >= 0.3 is 0 Å². The zero-order chi connectivity index (χ0) is 17.9. The molecule has 140 valence electrons. The van der Waals surface area contributed by atoms with Crippen LogP contribution in [0.25, 0.3) is 0 Å². The van der Waals surface area contributed by atoms with Crippen molar-refractivity contribution in [2.45, 2.75) is 25.8 Å². The Bertz CT molecular complexity index is 549. The monoisotopic (exact) mass is 387 g/mol. The summed E-state index contributed by atoms with van der Waals surface area (Å²) in [5.41, 5.74) is 0.980. The van der Waals surface area contributed by atoms with E-state index in [1.807, 2.05) is 12.1 Å². The summed E-state index contributed by atoms with van der Waals surface area (Å²) in [5.74, 6) is 1.40. The molecule has 1 aromatic carbocycles. The van der Waals surface area contributed by atoms with Gasteiger partial charge in [-0.05, 0) is 42.9 Å². The number of benzene rings is 1. The molecule has 0 atom stereocenters. The number of nitrogens with one attached hydrogen (secondary N) is 2. The molecule has 1 heterocycles. The van der Waals surface area contributed by atoms with E-state index in [1.165, 1.54) is 0 Å². The second kappa shape index (κ2) is 11.6. The van der Waals surface area contributed by atoms with Gasteiger partial charge in [-0.15, -0.1) is 0 Å². The molecule has 1 saturated heterocycles. The number of ether oxygens (including phenoxy) is 2. The van der Waals surface area contributed by atoms with E-state index in [-0.39, 0.29) is 0 Å². The Morgan fingerprint density at radius 3 is 2.80 bits per heavy atom. The highest BCUT2D eigenvalue weighted by molar-refractivity contribution is 6.35. The quantitative estimate of drug-likeness (QED) is 0.407. The van der Waals surface area contributed by atoms with E-state index in [4.69, 9.17) is 32.7 Å². The lowest BCUT2D eigenvalue weighted by Crippen LogP contribution is -2.37. The lowest BCUT2D eigenvalue weighted by atomic mass is 10.0. The van der Waals surface area contributed by atoms with Gasteiger partial charge in [0.05, 0.1) is 0 Å². The minimum Gasteiger partial charge on any atom is -0.381 e. The van der Waals surface area contributed by atoms with Crippen molar-refractivity contribution >= 4 is 29.2 Å². The van der Waals surface area contributed by atoms with Gasteiger partial charge < -0.3 is 20.1 Å². The lowest BCUT2D eigenvalue weighted by Gasteiger charge is -2.21. The van der Waals surface area contributed by atoms with Crippen molar-refractivity contribution in [3.63, 3.8) is 0 Å². The molecule has 0 spiro atoms. The lowest BCUT2D eigenvalue weighted by molar-refractivity contribution is 0.0203. The minimum atomic E-state index is 0.593. The summed E-state index contributed by atoms with van der Waals surface area (Å²) in [6.07, 6.45) is 3.16. The van der Waals surface area contributed by atoms with Gasteiger partial charge in [-0.2, -0.15) is 0 Å². The molecule has 0 radical (unpaired) electrons. The Balaban J connectivity index is 1.57. The van der Waals surface area contributed by atoms with Crippen molar-refractivity contribution < 1.29 is 9.47 Å². The zero-order valence-corrected chi connectivity index (χ0v) is 16.2. The molecule has 1 fully saturated rings. The maximum absolute atomic E-state index is 6.17. The topological polar surface area (TPSA) is 54.9 Å². The van der Waals surface area contributed by atoms with Crippen LogP contribution in [0.5, 0.6) is 0 Å². The molecular weight excluding hydrogens is 361 g/mol. The van der Waals surface area contributed by atoms with E-state index in [9.17, 15) is 0 Å². The van der Waals surface area contributed by atoms with E-state index in [0.717, 1.165) is 63.8 Å². The fraction of sp³-hybridized carbons (Fsp3) is 0.611. The Morgan fingerprint density at radius 2 is 2.08 bits per heavy atom. The van der Waals surface area contributed by atoms with Crippen molar-refractivity contribution in [2.24, 2.45) is 10.9 Å². The van der Waals surface area contributed by atoms with Crippen LogP contribution in [0.15, 0.2) is 23.2 Å². The van der Waals surface area contributed by atoms with Gasteiger partial charge in [0, 0.05) is 56.6 Å². The zero-order valence-electron chi connectivity index (χ0n) is 14.7. The molecule has 0 unspecified atom stereocenters. The van der Waals surface area contributed by atoms with E-state index in [1.54, 1.807) is 13.1 Å². The smallest absolute Gasteiger partial charge is 0.191 e. The van der Waals surface area contributed by atoms with Crippen molar-refractivity contribution in [3.8, 4) is 0 Å². The van der Waals surface area contributed by atoms with E-state index in [2.05, 4.69) is 15.6 Å². The van der Waals surface area contributed by atoms with Gasteiger partial charge in [0.25, 0.3) is 0 Å². The van der Waals surface area contributed by atoms with Crippen molar-refractivity contribution in [3.05, 3.63) is 33.8 Å². The Morgan fingerprint density at radius 1 is 1.28 bits per heavy atom. The average molecular weight is 388 g/mol. The van der Waals surface area contributed by atoms with Crippen LogP contribution in [0, 0.1) is 5.92 Å². The molecule has 25 heavy (non-hydrogen) atoms. The summed E-state index contributed by atoms with van der Waals surface area (Å²) < 4.78 is 11.1. The van der Waals surface area contributed by atoms with E-state index >= 15 is 0 Å². The number of hydrogen-bond donors (Lipinski definition) is 2. The second-order valence-electron chi connectivity index (χ2n) is 6.07. The molecule has 0 aromatic heterocycles.